The van der Waals surface area contributed by atoms with E-state index in [9.17, 15) is 9.59 Å². The third-order valence-corrected chi connectivity index (χ3v) is 4.50. The molecular formula is C17H13Br2NO4. The Bertz CT molecular complexity index is 977. The van der Waals surface area contributed by atoms with E-state index in [1.807, 2.05) is 24.3 Å². The fraction of sp³-hybridized carbons (Fsp3) is 0.176. The first-order valence-electron chi connectivity index (χ1n) is 7.26. The topological polar surface area (TPSA) is 61.4 Å². The van der Waals surface area contributed by atoms with Crippen LogP contribution >= 0.6 is 31.9 Å². The van der Waals surface area contributed by atoms with E-state index in [2.05, 4.69) is 31.9 Å². The van der Waals surface area contributed by atoms with Crippen molar-refractivity contribution >= 4 is 42.8 Å². The summed E-state index contributed by atoms with van der Waals surface area (Å²) in [5, 5.41) is 0.373. The Morgan fingerprint density at radius 1 is 1.00 bits per heavy atom. The molecule has 0 fully saturated rings. The molecule has 7 heteroatoms. The van der Waals surface area contributed by atoms with E-state index in [1.165, 1.54) is 4.57 Å². The highest BCUT2D eigenvalue weighted by Gasteiger charge is 2.09. The van der Waals surface area contributed by atoms with Crippen LogP contribution in [0.15, 0.2) is 65.4 Å². The van der Waals surface area contributed by atoms with Crippen molar-refractivity contribution in [3.05, 3.63) is 72.4 Å². The number of aromatic nitrogens is 1. The molecule has 0 saturated carbocycles. The summed E-state index contributed by atoms with van der Waals surface area (Å²) in [5.41, 5.74) is -0.0678. The lowest BCUT2D eigenvalue weighted by Gasteiger charge is -2.10. The van der Waals surface area contributed by atoms with Crippen molar-refractivity contribution in [1.82, 2.24) is 4.57 Å². The van der Waals surface area contributed by atoms with Crippen LogP contribution in [0, 0.1) is 0 Å². The highest BCUT2D eigenvalue weighted by atomic mass is 79.9. The maximum atomic E-state index is 12.0. The molecule has 5 nitrogen and oxygen atoms in total. The zero-order valence-electron chi connectivity index (χ0n) is 12.5. The standard InChI is InChI=1S/C17H13Br2NO4/c18-11-2-5-13(6-3-11)23-9-1-8-20-15-7-4-12(19)10-14(15)16(21)24-17(20)22/h2-7,10H,1,8-9H2. The van der Waals surface area contributed by atoms with Crippen LogP contribution in [-0.2, 0) is 6.54 Å². The van der Waals surface area contributed by atoms with E-state index in [4.69, 9.17) is 9.15 Å². The molecule has 1 aromatic heterocycles. The highest BCUT2D eigenvalue weighted by Crippen LogP contribution is 2.17. The SMILES string of the molecule is O=c1oc(=O)n(CCCOc2ccc(Br)cc2)c2ccc(Br)cc12. The van der Waals surface area contributed by atoms with Gasteiger partial charge in [0.1, 0.15) is 5.75 Å². The maximum Gasteiger partial charge on any atom is 0.422 e. The molecule has 0 radical (unpaired) electrons. The van der Waals surface area contributed by atoms with E-state index in [0.717, 1.165) is 14.7 Å². The van der Waals surface area contributed by atoms with Gasteiger partial charge in [-0.25, -0.2) is 9.59 Å². The molecule has 0 unspecified atom stereocenters. The van der Waals surface area contributed by atoms with Gasteiger partial charge in [0.25, 0.3) is 0 Å². The Hall–Kier alpha value is -1.86. The van der Waals surface area contributed by atoms with Gasteiger partial charge in [-0.2, -0.15) is 0 Å². The molecule has 3 rings (SSSR count). The summed E-state index contributed by atoms with van der Waals surface area (Å²) in [6.07, 6.45) is 0.606. The van der Waals surface area contributed by atoms with E-state index in [1.54, 1.807) is 18.2 Å². The molecular weight excluding hydrogens is 442 g/mol. The van der Waals surface area contributed by atoms with Gasteiger partial charge in [-0.3, -0.25) is 4.57 Å². The molecule has 0 N–H and O–H groups in total. The van der Waals surface area contributed by atoms with Crippen LogP contribution in [0.25, 0.3) is 10.9 Å². The Morgan fingerprint density at radius 3 is 2.46 bits per heavy atom. The normalized spacial score (nSPS) is 10.9. The van der Waals surface area contributed by atoms with Crippen molar-refractivity contribution in [2.24, 2.45) is 0 Å². The zero-order chi connectivity index (χ0) is 17.1. The van der Waals surface area contributed by atoms with E-state index in [0.29, 0.717) is 30.5 Å². The van der Waals surface area contributed by atoms with Crippen molar-refractivity contribution in [3.63, 3.8) is 0 Å². The number of rotatable bonds is 5. The van der Waals surface area contributed by atoms with Crippen molar-refractivity contribution in [2.75, 3.05) is 6.61 Å². The molecule has 24 heavy (non-hydrogen) atoms. The van der Waals surface area contributed by atoms with Crippen LogP contribution in [0.3, 0.4) is 0 Å². The van der Waals surface area contributed by atoms with Gasteiger partial charge < -0.3 is 9.15 Å². The molecule has 0 aliphatic heterocycles. The Labute approximate surface area is 154 Å². The Kier molecular flexibility index (Phi) is 5.20. The van der Waals surface area contributed by atoms with Crippen molar-refractivity contribution in [2.45, 2.75) is 13.0 Å². The number of halogens is 2. The van der Waals surface area contributed by atoms with Gasteiger partial charge in [0.15, 0.2) is 0 Å². The maximum absolute atomic E-state index is 12.0. The zero-order valence-corrected chi connectivity index (χ0v) is 15.7. The highest BCUT2D eigenvalue weighted by molar-refractivity contribution is 9.10. The second kappa shape index (κ2) is 7.36. The smallest absolute Gasteiger partial charge is 0.422 e. The molecule has 3 aromatic rings. The number of aryl methyl sites for hydroxylation is 1. The van der Waals surface area contributed by atoms with Gasteiger partial charge in [0, 0.05) is 15.5 Å². The summed E-state index contributed by atoms with van der Waals surface area (Å²) in [7, 11) is 0. The molecule has 0 bridgehead atoms. The van der Waals surface area contributed by atoms with Gasteiger partial charge >= 0.3 is 11.4 Å². The monoisotopic (exact) mass is 453 g/mol. The molecule has 0 spiro atoms. The lowest BCUT2D eigenvalue weighted by atomic mass is 10.2. The lowest BCUT2D eigenvalue weighted by Crippen LogP contribution is -2.25. The van der Waals surface area contributed by atoms with Crippen LogP contribution < -0.4 is 16.1 Å². The number of hydrogen-bond donors (Lipinski definition) is 0. The largest absolute Gasteiger partial charge is 0.494 e. The quantitative estimate of drug-likeness (QED) is 0.547. The molecule has 0 aliphatic rings. The third-order valence-electron chi connectivity index (χ3n) is 3.48. The van der Waals surface area contributed by atoms with Crippen LogP contribution in [0.2, 0.25) is 0 Å². The molecule has 0 saturated heterocycles. The first kappa shape index (κ1) is 17.0. The summed E-state index contributed by atoms with van der Waals surface area (Å²) >= 11 is 6.68. The van der Waals surface area contributed by atoms with Crippen LogP contribution in [0.4, 0.5) is 0 Å². The molecule has 0 aliphatic carbocycles. The first-order valence-corrected chi connectivity index (χ1v) is 8.85. The Balaban J connectivity index is 1.74. The minimum Gasteiger partial charge on any atom is -0.494 e. The van der Waals surface area contributed by atoms with Crippen LogP contribution in [0.5, 0.6) is 5.75 Å². The first-order chi connectivity index (χ1) is 11.5. The van der Waals surface area contributed by atoms with E-state index >= 15 is 0 Å². The van der Waals surface area contributed by atoms with Crippen molar-refractivity contribution < 1.29 is 9.15 Å². The van der Waals surface area contributed by atoms with Gasteiger partial charge in [-0.05, 0) is 48.9 Å². The predicted molar refractivity (Wildman–Crippen MR) is 98.7 cm³/mol. The minimum absolute atomic E-state index is 0.373. The summed E-state index contributed by atoms with van der Waals surface area (Å²) in [5.74, 6) is 0.109. The van der Waals surface area contributed by atoms with E-state index < -0.39 is 11.4 Å². The summed E-state index contributed by atoms with van der Waals surface area (Å²) in [4.78, 5) is 23.8. The van der Waals surface area contributed by atoms with Crippen LogP contribution in [-0.4, -0.2) is 11.2 Å². The van der Waals surface area contributed by atoms with Crippen molar-refractivity contribution in [3.8, 4) is 5.75 Å². The van der Waals surface area contributed by atoms with Crippen molar-refractivity contribution in [1.29, 1.82) is 0 Å². The molecule has 0 atom stereocenters. The molecule has 2 aromatic carbocycles. The third kappa shape index (κ3) is 3.79. The average molecular weight is 455 g/mol. The van der Waals surface area contributed by atoms with Gasteiger partial charge in [0.2, 0.25) is 0 Å². The lowest BCUT2D eigenvalue weighted by molar-refractivity contribution is 0.296. The molecule has 0 amide bonds. The number of benzene rings is 2. The van der Waals surface area contributed by atoms with Gasteiger partial charge in [0.05, 0.1) is 17.5 Å². The fourth-order valence-electron chi connectivity index (χ4n) is 2.35. The van der Waals surface area contributed by atoms with E-state index in [-0.39, 0.29) is 0 Å². The predicted octanol–water partition coefficient (Wildman–Crippen LogP) is 3.95. The number of hydrogen-bond acceptors (Lipinski definition) is 4. The summed E-state index contributed by atoms with van der Waals surface area (Å²) < 4.78 is 13.6. The second-order valence-electron chi connectivity index (χ2n) is 5.12. The second-order valence-corrected chi connectivity index (χ2v) is 6.96. The van der Waals surface area contributed by atoms with Gasteiger partial charge in [-0.1, -0.05) is 31.9 Å². The average Bonchev–Trinajstić information content (AvgIpc) is 2.56. The van der Waals surface area contributed by atoms with Crippen LogP contribution in [0.1, 0.15) is 6.42 Å². The number of nitrogens with zero attached hydrogens (tertiary/aromatic N) is 1. The molecule has 124 valence electrons. The summed E-state index contributed by atoms with van der Waals surface area (Å²) in [6.45, 7) is 0.850. The molecule has 1 heterocycles. The Morgan fingerprint density at radius 2 is 1.71 bits per heavy atom. The number of ether oxygens (including phenoxy) is 1. The van der Waals surface area contributed by atoms with Gasteiger partial charge in [-0.15, -0.1) is 0 Å². The number of fused-ring (bicyclic) bond motifs is 1. The minimum atomic E-state index is -0.654. The fourth-order valence-corrected chi connectivity index (χ4v) is 2.98. The summed E-state index contributed by atoms with van der Waals surface area (Å²) in [6, 6.07) is 12.7.